The molecule has 1 aromatic carbocycles. The first-order valence-electron chi connectivity index (χ1n) is 7.00. The summed E-state index contributed by atoms with van der Waals surface area (Å²) in [6.45, 7) is 6.61. The Bertz CT molecular complexity index is 557. The van der Waals surface area contributed by atoms with E-state index in [-0.39, 0.29) is 6.10 Å². The predicted octanol–water partition coefficient (Wildman–Crippen LogP) is 2.52. The molecular weight excluding hydrogens is 254 g/mol. The minimum Gasteiger partial charge on any atom is -0.366 e. The van der Waals surface area contributed by atoms with Crippen molar-refractivity contribution in [3.05, 3.63) is 35.7 Å². The first kappa shape index (κ1) is 13.3. The van der Waals surface area contributed by atoms with Gasteiger partial charge < -0.3 is 14.6 Å². The first-order chi connectivity index (χ1) is 9.74. The number of rotatable bonds is 3. The fraction of sp³-hybridized carbons (Fsp3) is 0.467. The van der Waals surface area contributed by atoms with E-state index in [0.717, 1.165) is 12.1 Å². The molecule has 1 saturated heterocycles. The van der Waals surface area contributed by atoms with E-state index in [1.807, 2.05) is 12.1 Å². The zero-order chi connectivity index (χ0) is 13.9. The van der Waals surface area contributed by atoms with Crippen LogP contribution in [0.15, 0.2) is 28.8 Å². The standard InChI is InChI=1S/C15H19N3O2/c1-10(2)11-3-5-12(6-4-11)14-17-15(20-18-14)13-9-16-7-8-19-13/h3-6,10,13,16H,7-9H2,1-2H3. The highest BCUT2D eigenvalue weighted by Crippen LogP contribution is 2.23. The van der Waals surface area contributed by atoms with Gasteiger partial charge >= 0.3 is 0 Å². The van der Waals surface area contributed by atoms with E-state index in [2.05, 4.69) is 41.4 Å². The summed E-state index contributed by atoms with van der Waals surface area (Å²) >= 11 is 0. The molecule has 106 valence electrons. The summed E-state index contributed by atoms with van der Waals surface area (Å²) in [6, 6.07) is 8.28. The van der Waals surface area contributed by atoms with Gasteiger partial charge in [-0.05, 0) is 11.5 Å². The summed E-state index contributed by atoms with van der Waals surface area (Å²) in [5, 5.41) is 7.29. The summed E-state index contributed by atoms with van der Waals surface area (Å²) in [5.41, 5.74) is 2.27. The van der Waals surface area contributed by atoms with Gasteiger partial charge in [-0.3, -0.25) is 0 Å². The maximum atomic E-state index is 5.61. The number of morpholine rings is 1. The lowest BCUT2D eigenvalue weighted by molar-refractivity contribution is 0.00755. The van der Waals surface area contributed by atoms with Crippen molar-refractivity contribution in [2.75, 3.05) is 19.7 Å². The normalized spacial score (nSPS) is 19.4. The fourth-order valence-electron chi connectivity index (χ4n) is 2.22. The molecule has 0 radical (unpaired) electrons. The van der Waals surface area contributed by atoms with Crippen LogP contribution in [0.2, 0.25) is 0 Å². The summed E-state index contributed by atoms with van der Waals surface area (Å²) < 4.78 is 10.9. The summed E-state index contributed by atoms with van der Waals surface area (Å²) in [6.07, 6.45) is -0.139. The maximum absolute atomic E-state index is 5.61. The molecule has 1 aromatic heterocycles. The van der Waals surface area contributed by atoms with Gasteiger partial charge in [0.25, 0.3) is 5.89 Å². The molecular formula is C15H19N3O2. The van der Waals surface area contributed by atoms with Crippen molar-refractivity contribution in [2.45, 2.75) is 25.9 Å². The van der Waals surface area contributed by atoms with Gasteiger partial charge in [0, 0.05) is 18.7 Å². The number of nitrogens with one attached hydrogen (secondary N) is 1. The molecule has 1 aliphatic heterocycles. The van der Waals surface area contributed by atoms with E-state index in [0.29, 0.717) is 30.8 Å². The van der Waals surface area contributed by atoms with E-state index in [4.69, 9.17) is 9.26 Å². The van der Waals surface area contributed by atoms with E-state index in [1.165, 1.54) is 5.56 Å². The molecule has 2 heterocycles. The Morgan fingerprint density at radius 2 is 2.05 bits per heavy atom. The number of nitrogens with zero attached hydrogens (tertiary/aromatic N) is 2. The lowest BCUT2D eigenvalue weighted by atomic mass is 10.0. The van der Waals surface area contributed by atoms with Crippen LogP contribution in [0.25, 0.3) is 11.4 Å². The zero-order valence-corrected chi connectivity index (χ0v) is 11.8. The number of benzene rings is 1. The second-order valence-corrected chi connectivity index (χ2v) is 5.30. The van der Waals surface area contributed by atoms with Crippen LogP contribution >= 0.6 is 0 Å². The van der Waals surface area contributed by atoms with Crippen molar-refractivity contribution in [2.24, 2.45) is 0 Å². The van der Waals surface area contributed by atoms with Gasteiger partial charge in [0.05, 0.1) is 6.61 Å². The number of hydrogen-bond donors (Lipinski definition) is 1. The largest absolute Gasteiger partial charge is 0.366 e. The number of aromatic nitrogens is 2. The zero-order valence-electron chi connectivity index (χ0n) is 11.8. The molecule has 5 heteroatoms. The molecule has 0 saturated carbocycles. The average Bonchev–Trinajstić information content (AvgIpc) is 2.98. The molecule has 1 aliphatic rings. The van der Waals surface area contributed by atoms with E-state index in [1.54, 1.807) is 0 Å². The summed E-state index contributed by atoms with van der Waals surface area (Å²) in [4.78, 5) is 4.44. The molecule has 0 aliphatic carbocycles. The van der Waals surface area contributed by atoms with Crippen LogP contribution in [0, 0.1) is 0 Å². The number of ether oxygens (including phenoxy) is 1. The van der Waals surface area contributed by atoms with Gasteiger partial charge in [0.2, 0.25) is 5.82 Å². The van der Waals surface area contributed by atoms with Crippen LogP contribution in [0.5, 0.6) is 0 Å². The molecule has 1 N–H and O–H groups in total. The lowest BCUT2D eigenvalue weighted by Gasteiger charge is -2.19. The first-order valence-corrected chi connectivity index (χ1v) is 7.00. The molecule has 3 rings (SSSR count). The van der Waals surface area contributed by atoms with Gasteiger partial charge in [-0.25, -0.2) is 0 Å². The Morgan fingerprint density at radius 3 is 2.70 bits per heavy atom. The Balaban J connectivity index is 1.78. The Kier molecular flexibility index (Phi) is 3.80. The van der Waals surface area contributed by atoms with Gasteiger partial charge in [0.1, 0.15) is 6.10 Å². The minimum atomic E-state index is -0.139. The highest BCUT2D eigenvalue weighted by atomic mass is 16.5. The van der Waals surface area contributed by atoms with Crippen molar-refractivity contribution >= 4 is 0 Å². The van der Waals surface area contributed by atoms with E-state index in [9.17, 15) is 0 Å². The summed E-state index contributed by atoms with van der Waals surface area (Å²) in [5.74, 6) is 1.68. The van der Waals surface area contributed by atoms with Crippen molar-refractivity contribution < 1.29 is 9.26 Å². The van der Waals surface area contributed by atoms with Crippen LogP contribution in [0.4, 0.5) is 0 Å². The van der Waals surface area contributed by atoms with Gasteiger partial charge in [-0.1, -0.05) is 43.3 Å². The van der Waals surface area contributed by atoms with Crippen LogP contribution < -0.4 is 5.32 Å². The van der Waals surface area contributed by atoms with Gasteiger partial charge in [0.15, 0.2) is 0 Å². The maximum Gasteiger partial charge on any atom is 0.257 e. The van der Waals surface area contributed by atoms with E-state index >= 15 is 0 Å². The molecule has 20 heavy (non-hydrogen) atoms. The molecule has 0 amide bonds. The van der Waals surface area contributed by atoms with E-state index < -0.39 is 0 Å². The molecule has 5 nitrogen and oxygen atoms in total. The molecule has 0 bridgehead atoms. The molecule has 1 atom stereocenters. The van der Waals surface area contributed by atoms with Crippen LogP contribution in [-0.2, 0) is 4.74 Å². The third-order valence-electron chi connectivity index (χ3n) is 3.48. The van der Waals surface area contributed by atoms with Gasteiger partial charge in [-0.2, -0.15) is 4.98 Å². The fourth-order valence-corrected chi connectivity index (χ4v) is 2.22. The third kappa shape index (κ3) is 2.73. The van der Waals surface area contributed by atoms with Crippen molar-refractivity contribution in [1.82, 2.24) is 15.5 Å². The highest BCUT2D eigenvalue weighted by molar-refractivity contribution is 5.54. The molecule has 0 spiro atoms. The SMILES string of the molecule is CC(C)c1ccc(-c2noc(C3CNCCO3)n2)cc1. The Morgan fingerprint density at radius 1 is 1.25 bits per heavy atom. The summed E-state index contributed by atoms with van der Waals surface area (Å²) in [7, 11) is 0. The smallest absolute Gasteiger partial charge is 0.257 e. The van der Waals surface area contributed by atoms with Crippen LogP contribution in [-0.4, -0.2) is 29.8 Å². The molecule has 1 fully saturated rings. The second kappa shape index (κ2) is 5.73. The number of hydrogen-bond acceptors (Lipinski definition) is 5. The monoisotopic (exact) mass is 273 g/mol. The topological polar surface area (TPSA) is 60.2 Å². The molecule has 2 aromatic rings. The third-order valence-corrected chi connectivity index (χ3v) is 3.48. The average molecular weight is 273 g/mol. The quantitative estimate of drug-likeness (QED) is 0.931. The minimum absolute atomic E-state index is 0.139. The van der Waals surface area contributed by atoms with Crippen molar-refractivity contribution in [1.29, 1.82) is 0 Å². The Labute approximate surface area is 118 Å². The molecule has 1 unspecified atom stereocenters. The van der Waals surface area contributed by atoms with Crippen molar-refractivity contribution in [3.8, 4) is 11.4 Å². The highest BCUT2D eigenvalue weighted by Gasteiger charge is 2.22. The predicted molar refractivity (Wildman–Crippen MR) is 75.4 cm³/mol. The van der Waals surface area contributed by atoms with Gasteiger partial charge in [-0.15, -0.1) is 0 Å². The Hall–Kier alpha value is -1.72. The van der Waals surface area contributed by atoms with Crippen LogP contribution in [0.3, 0.4) is 0 Å². The lowest BCUT2D eigenvalue weighted by Crippen LogP contribution is -2.33. The van der Waals surface area contributed by atoms with Crippen molar-refractivity contribution in [3.63, 3.8) is 0 Å². The second-order valence-electron chi connectivity index (χ2n) is 5.30. The van der Waals surface area contributed by atoms with Crippen LogP contribution in [0.1, 0.15) is 37.3 Å².